The lowest BCUT2D eigenvalue weighted by atomic mass is 9.93. The molecule has 0 spiro atoms. The van der Waals surface area contributed by atoms with Crippen LogP contribution in [0.5, 0.6) is 0 Å². The first-order chi connectivity index (χ1) is 6.78. The van der Waals surface area contributed by atoms with Crippen molar-refractivity contribution < 1.29 is 9.53 Å². The maximum atomic E-state index is 11.1. The fraction of sp³-hybridized carbons (Fsp3) is 0.182. The summed E-state index contributed by atoms with van der Waals surface area (Å²) in [6.07, 6.45) is 4.70. The van der Waals surface area contributed by atoms with Gasteiger partial charge >= 0.3 is 0 Å². The molecule has 0 saturated carbocycles. The van der Waals surface area contributed by atoms with E-state index < -0.39 is 5.60 Å². The average molecular weight is 209 g/mol. The number of aldehydes is 1. The zero-order valence-electron chi connectivity index (χ0n) is 7.44. The van der Waals surface area contributed by atoms with Gasteiger partial charge in [-0.15, -0.1) is 0 Å². The van der Waals surface area contributed by atoms with Gasteiger partial charge in [0.05, 0.1) is 6.26 Å². The van der Waals surface area contributed by atoms with Crippen molar-refractivity contribution in [1.29, 1.82) is 0 Å². The molecule has 1 heterocycles. The normalized spacial score (nSPS) is 24.6. The van der Waals surface area contributed by atoms with Crippen LogP contribution < -0.4 is 0 Å². The van der Waals surface area contributed by atoms with E-state index in [0.29, 0.717) is 11.4 Å². The molecule has 0 amide bonds. The highest BCUT2D eigenvalue weighted by Gasteiger charge is 2.36. The van der Waals surface area contributed by atoms with E-state index in [1.54, 1.807) is 6.07 Å². The number of ether oxygens (including phenoxy) is 1. The number of carbonyl (C=O) groups is 1. The van der Waals surface area contributed by atoms with Crippen LogP contribution >= 0.6 is 11.6 Å². The topological polar surface area (TPSA) is 26.3 Å². The Morgan fingerprint density at radius 3 is 2.79 bits per heavy atom. The Hall–Kier alpha value is -1.28. The van der Waals surface area contributed by atoms with Crippen LogP contribution in [0.3, 0.4) is 0 Å². The highest BCUT2D eigenvalue weighted by atomic mass is 35.5. The first-order valence-corrected chi connectivity index (χ1v) is 4.70. The molecule has 2 nitrogen and oxygen atoms in total. The Morgan fingerprint density at radius 2 is 2.21 bits per heavy atom. The van der Waals surface area contributed by atoms with Gasteiger partial charge in [-0.3, -0.25) is 4.79 Å². The molecule has 0 bridgehead atoms. The van der Waals surface area contributed by atoms with Gasteiger partial charge in [0.1, 0.15) is 0 Å². The lowest BCUT2D eigenvalue weighted by molar-refractivity contribution is -0.123. The van der Waals surface area contributed by atoms with Gasteiger partial charge in [0.2, 0.25) is 0 Å². The molecule has 3 heteroatoms. The van der Waals surface area contributed by atoms with Crippen LogP contribution in [0.25, 0.3) is 0 Å². The van der Waals surface area contributed by atoms with Crippen molar-refractivity contribution in [2.75, 3.05) is 0 Å². The van der Waals surface area contributed by atoms with Crippen molar-refractivity contribution in [3.8, 4) is 0 Å². The van der Waals surface area contributed by atoms with Gasteiger partial charge < -0.3 is 4.74 Å². The minimum Gasteiger partial charge on any atom is -0.483 e. The van der Waals surface area contributed by atoms with Crippen molar-refractivity contribution in [2.45, 2.75) is 12.0 Å². The summed E-state index contributed by atoms with van der Waals surface area (Å²) in [5.74, 6) is 0. The molecule has 0 aliphatic carbocycles. The number of hydrogen-bond acceptors (Lipinski definition) is 2. The second-order valence-electron chi connectivity index (χ2n) is 3.18. The number of benzene rings is 1. The smallest absolute Gasteiger partial charge is 0.193 e. The van der Waals surface area contributed by atoms with E-state index in [9.17, 15) is 4.79 Å². The molecular weight excluding hydrogens is 200 g/mol. The van der Waals surface area contributed by atoms with E-state index in [1.807, 2.05) is 24.3 Å². The summed E-state index contributed by atoms with van der Waals surface area (Å²) in [5, 5.41) is 0.559. The van der Waals surface area contributed by atoms with Gasteiger partial charge in [0, 0.05) is 17.0 Å². The predicted octanol–water partition coefficient (Wildman–Crippen LogP) is 2.67. The van der Waals surface area contributed by atoms with Crippen LogP contribution in [0.1, 0.15) is 12.0 Å². The van der Waals surface area contributed by atoms with Crippen LogP contribution in [0, 0.1) is 0 Å². The lowest BCUT2D eigenvalue weighted by Gasteiger charge is -2.23. The zero-order chi connectivity index (χ0) is 10.0. The van der Waals surface area contributed by atoms with Gasteiger partial charge in [-0.05, 0) is 12.1 Å². The van der Waals surface area contributed by atoms with Crippen LogP contribution in [0.2, 0.25) is 5.02 Å². The van der Waals surface area contributed by atoms with Crippen LogP contribution in [-0.2, 0) is 15.1 Å². The van der Waals surface area contributed by atoms with Crippen molar-refractivity contribution in [2.24, 2.45) is 0 Å². The van der Waals surface area contributed by atoms with Crippen molar-refractivity contribution in [3.63, 3.8) is 0 Å². The molecule has 1 aromatic carbocycles. The first kappa shape index (κ1) is 9.28. The third-order valence-electron chi connectivity index (χ3n) is 2.32. The van der Waals surface area contributed by atoms with E-state index in [1.165, 1.54) is 6.26 Å². The second kappa shape index (κ2) is 3.46. The van der Waals surface area contributed by atoms with Gasteiger partial charge in [-0.25, -0.2) is 0 Å². The molecule has 0 saturated heterocycles. The summed E-state index contributed by atoms with van der Waals surface area (Å²) in [4.78, 5) is 11.1. The Kier molecular flexibility index (Phi) is 2.30. The number of hydrogen-bond donors (Lipinski definition) is 0. The van der Waals surface area contributed by atoms with Crippen LogP contribution in [0.15, 0.2) is 36.6 Å². The molecule has 1 aromatic rings. The Balaban J connectivity index is 2.47. The molecule has 0 aromatic heterocycles. The molecule has 0 N–H and O–H groups in total. The quantitative estimate of drug-likeness (QED) is 0.699. The molecule has 2 rings (SSSR count). The first-order valence-electron chi connectivity index (χ1n) is 4.33. The van der Waals surface area contributed by atoms with Crippen molar-refractivity contribution in [3.05, 3.63) is 47.2 Å². The minimum absolute atomic E-state index is 0.542. The molecule has 72 valence electrons. The molecule has 1 aliphatic heterocycles. The summed E-state index contributed by atoms with van der Waals surface area (Å²) < 4.78 is 5.32. The average Bonchev–Trinajstić information content (AvgIpc) is 2.68. The molecule has 0 radical (unpaired) electrons. The Morgan fingerprint density at radius 1 is 1.43 bits per heavy atom. The number of halogens is 1. The molecule has 0 fully saturated rings. The third kappa shape index (κ3) is 1.32. The lowest BCUT2D eigenvalue weighted by Crippen LogP contribution is -2.26. The van der Waals surface area contributed by atoms with Crippen LogP contribution in [0.4, 0.5) is 0 Å². The summed E-state index contributed by atoms with van der Waals surface area (Å²) in [5.41, 5.74) is -0.181. The fourth-order valence-electron chi connectivity index (χ4n) is 1.56. The molecule has 1 atom stereocenters. The zero-order valence-corrected chi connectivity index (χ0v) is 8.20. The Bertz CT molecular complexity index is 377. The maximum absolute atomic E-state index is 11.1. The maximum Gasteiger partial charge on any atom is 0.193 e. The van der Waals surface area contributed by atoms with E-state index >= 15 is 0 Å². The molecule has 14 heavy (non-hydrogen) atoms. The van der Waals surface area contributed by atoms with Crippen molar-refractivity contribution >= 4 is 17.9 Å². The van der Waals surface area contributed by atoms with Crippen molar-refractivity contribution in [1.82, 2.24) is 0 Å². The van der Waals surface area contributed by atoms with Gasteiger partial charge in [0.25, 0.3) is 0 Å². The summed E-state index contributed by atoms with van der Waals surface area (Å²) >= 11 is 6.01. The van der Waals surface area contributed by atoms with Crippen LogP contribution in [-0.4, -0.2) is 6.29 Å². The highest BCUT2D eigenvalue weighted by Crippen LogP contribution is 2.36. The summed E-state index contributed by atoms with van der Waals surface area (Å²) in [6, 6.07) is 7.23. The SMILES string of the molecule is O=CC1(c2ccccc2Cl)CC=CO1. The van der Waals surface area contributed by atoms with E-state index in [0.717, 1.165) is 11.8 Å². The summed E-state index contributed by atoms with van der Waals surface area (Å²) in [7, 11) is 0. The van der Waals surface area contributed by atoms with E-state index in [2.05, 4.69) is 0 Å². The predicted molar refractivity (Wildman–Crippen MR) is 54.0 cm³/mol. The standard InChI is InChI=1S/C11H9ClO2/c12-10-5-2-1-4-9(10)11(8-13)6-3-7-14-11/h1-5,7-8H,6H2. The van der Waals surface area contributed by atoms with E-state index in [-0.39, 0.29) is 0 Å². The number of carbonyl (C=O) groups excluding carboxylic acids is 1. The van der Waals surface area contributed by atoms with E-state index in [4.69, 9.17) is 16.3 Å². The number of rotatable bonds is 2. The minimum atomic E-state index is -0.904. The van der Waals surface area contributed by atoms with Gasteiger partial charge in [0.15, 0.2) is 11.9 Å². The monoisotopic (exact) mass is 208 g/mol. The third-order valence-corrected chi connectivity index (χ3v) is 2.65. The molecule has 1 aliphatic rings. The fourth-order valence-corrected chi connectivity index (χ4v) is 1.85. The summed E-state index contributed by atoms with van der Waals surface area (Å²) in [6.45, 7) is 0. The molecule has 1 unspecified atom stereocenters. The Labute approximate surface area is 87.1 Å². The van der Waals surface area contributed by atoms with Gasteiger partial charge in [-0.1, -0.05) is 29.8 Å². The molecular formula is C11H9ClO2. The van der Waals surface area contributed by atoms with Gasteiger partial charge in [-0.2, -0.15) is 0 Å². The highest BCUT2D eigenvalue weighted by molar-refractivity contribution is 6.31. The second-order valence-corrected chi connectivity index (χ2v) is 3.59. The largest absolute Gasteiger partial charge is 0.483 e.